The first kappa shape index (κ1) is 17.4. The quantitative estimate of drug-likeness (QED) is 0.885. The number of aryl methyl sites for hydroxylation is 1. The second-order valence-electron chi connectivity index (χ2n) is 6.14. The van der Waals surface area contributed by atoms with Crippen molar-refractivity contribution < 1.29 is 14.0 Å². The van der Waals surface area contributed by atoms with Crippen molar-refractivity contribution in [2.24, 2.45) is 0 Å². The topological polar surface area (TPSA) is 67.2 Å². The lowest BCUT2D eigenvalue weighted by molar-refractivity contribution is -0.121. The molecular formula is C17H18ClFN4O2. The smallest absolute Gasteiger partial charge is 0.259 e. The molecule has 2 aromatic rings. The summed E-state index contributed by atoms with van der Waals surface area (Å²) in [6, 6.07) is 5.86. The van der Waals surface area contributed by atoms with Crippen LogP contribution >= 0.6 is 11.6 Å². The first-order valence-corrected chi connectivity index (χ1v) is 8.30. The van der Waals surface area contributed by atoms with E-state index < -0.39 is 0 Å². The molecule has 132 valence electrons. The van der Waals surface area contributed by atoms with E-state index in [4.69, 9.17) is 11.6 Å². The van der Waals surface area contributed by atoms with Gasteiger partial charge < -0.3 is 10.2 Å². The summed E-state index contributed by atoms with van der Waals surface area (Å²) in [6.45, 7) is 1.62. The SMILES string of the molecule is Cc1nn(-c2ccc(F)cc2)c(Cl)c1C(=O)N(C)CC(=O)NC1CC1. The van der Waals surface area contributed by atoms with Crippen molar-refractivity contribution in [3.05, 3.63) is 46.5 Å². The molecule has 0 unspecified atom stereocenters. The zero-order valence-electron chi connectivity index (χ0n) is 13.9. The third-order valence-corrected chi connectivity index (χ3v) is 4.31. The largest absolute Gasteiger partial charge is 0.352 e. The summed E-state index contributed by atoms with van der Waals surface area (Å²) in [4.78, 5) is 25.9. The molecule has 0 saturated heterocycles. The lowest BCUT2D eigenvalue weighted by atomic mass is 10.2. The van der Waals surface area contributed by atoms with Crippen LogP contribution in [0.15, 0.2) is 24.3 Å². The average molecular weight is 365 g/mol. The summed E-state index contributed by atoms with van der Waals surface area (Å²) in [5, 5.41) is 7.23. The second-order valence-corrected chi connectivity index (χ2v) is 6.50. The molecule has 25 heavy (non-hydrogen) atoms. The highest BCUT2D eigenvalue weighted by Gasteiger charge is 2.27. The Bertz CT molecular complexity index is 815. The Kier molecular flexibility index (Phi) is 4.76. The van der Waals surface area contributed by atoms with Crippen LogP contribution in [0, 0.1) is 12.7 Å². The first-order chi connectivity index (χ1) is 11.9. The fourth-order valence-electron chi connectivity index (χ4n) is 2.47. The van der Waals surface area contributed by atoms with E-state index in [0.717, 1.165) is 12.8 Å². The van der Waals surface area contributed by atoms with Crippen LogP contribution in [-0.2, 0) is 4.79 Å². The van der Waals surface area contributed by atoms with Gasteiger partial charge in [-0.1, -0.05) is 11.6 Å². The zero-order chi connectivity index (χ0) is 18.1. The predicted octanol–water partition coefficient (Wildman–Crippen LogP) is 2.32. The molecule has 0 atom stereocenters. The standard InChI is InChI=1S/C17H18ClFN4O2/c1-10-15(17(25)22(2)9-14(24)20-12-5-6-12)16(18)23(21-10)13-7-3-11(19)4-8-13/h3-4,7-8,12H,5-6,9H2,1-2H3,(H,20,24). The molecule has 1 aliphatic carbocycles. The van der Waals surface area contributed by atoms with Crippen LogP contribution in [0.25, 0.3) is 5.69 Å². The van der Waals surface area contributed by atoms with Gasteiger partial charge in [0.25, 0.3) is 5.91 Å². The molecule has 3 rings (SSSR count). The van der Waals surface area contributed by atoms with Gasteiger partial charge in [0, 0.05) is 13.1 Å². The van der Waals surface area contributed by atoms with Gasteiger partial charge in [-0.3, -0.25) is 9.59 Å². The van der Waals surface area contributed by atoms with Gasteiger partial charge >= 0.3 is 0 Å². The van der Waals surface area contributed by atoms with Crippen molar-refractivity contribution in [3.63, 3.8) is 0 Å². The van der Waals surface area contributed by atoms with Crippen molar-refractivity contribution in [1.82, 2.24) is 20.0 Å². The number of benzene rings is 1. The van der Waals surface area contributed by atoms with Gasteiger partial charge in [-0.15, -0.1) is 0 Å². The summed E-state index contributed by atoms with van der Waals surface area (Å²) >= 11 is 6.33. The highest BCUT2D eigenvalue weighted by atomic mass is 35.5. The zero-order valence-corrected chi connectivity index (χ0v) is 14.7. The molecule has 0 aliphatic heterocycles. The number of likely N-dealkylation sites (N-methyl/N-ethyl adjacent to an activating group) is 1. The van der Waals surface area contributed by atoms with E-state index >= 15 is 0 Å². The Morgan fingerprint density at radius 1 is 1.36 bits per heavy atom. The molecule has 0 radical (unpaired) electrons. The van der Waals surface area contributed by atoms with Crippen LogP contribution in [0.2, 0.25) is 5.15 Å². The van der Waals surface area contributed by atoms with Crippen LogP contribution in [0.4, 0.5) is 4.39 Å². The van der Waals surface area contributed by atoms with E-state index in [1.54, 1.807) is 14.0 Å². The Balaban J connectivity index is 1.80. The maximum absolute atomic E-state index is 13.1. The number of amides is 2. The Labute approximate surface area is 149 Å². The molecule has 0 spiro atoms. The number of aromatic nitrogens is 2. The highest BCUT2D eigenvalue weighted by molar-refractivity contribution is 6.33. The van der Waals surface area contributed by atoms with Crippen LogP contribution < -0.4 is 5.32 Å². The van der Waals surface area contributed by atoms with E-state index in [0.29, 0.717) is 11.4 Å². The lowest BCUT2D eigenvalue weighted by Crippen LogP contribution is -2.39. The third-order valence-electron chi connectivity index (χ3n) is 3.96. The number of carbonyl (C=O) groups excluding carboxylic acids is 2. The molecule has 1 fully saturated rings. The number of rotatable bonds is 5. The first-order valence-electron chi connectivity index (χ1n) is 7.92. The summed E-state index contributed by atoms with van der Waals surface area (Å²) in [5.74, 6) is -0.957. The van der Waals surface area contributed by atoms with Gasteiger partial charge in [-0.05, 0) is 44.0 Å². The molecule has 1 N–H and O–H groups in total. The Morgan fingerprint density at radius 2 is 2.00 bits per heavy atom. The molecule has 1 aromatic carbocycles. The molecule has 0 bridgehead atoms. The fourth-order valence-corrected chi connectivity index (χ4v) is 2.83. The van der Waals surface area contributed by atoms with Gasteiger partial charge in [-0.25, -0.2) is 9.07 Å². The fraction of sp³-hybridized carbons (Fsp3) is 0.353. The number of carbonyl (C=O) groups is 2. The van der Waals surface area contributed by atoms with Crippen molar-refractivity contribution >= 4 is 23.4 Å². The van der Waals surface area contributed by atoms with Crippen molar-refractivity contribution in [1.29, 1.82) is 0 Å². The average Bonchev–Trinajstić information content (AvgIpc) is 3.31. The normalized spacial score (nSPS) is 13.6. The van der Waals surface area contributed by atoms with Gasteiger partial charge in [0.15, 0.2) is 0 Å². The molecule has 2 amide bonds. The Hall–Kier alpha value is -2.41. The minimum Gasteiger partial charge on any atom is -0.352 e. The number of nitrogens with zero attached hydrogens (tertiary/aromatic N) is 3. The number of nitrogens with one attached hydrogen (secondary N) is 1. The summed E-state index contributed by atoms with van der Waals surface area (Å²) in [5.41, 5.74) is 1.21. The van der Waals surface area contributed by atoms with Gasteiger partial charge in [0.05, 0.1) is 23.5 Å². The van der Waals surface area contributed by atoms with Crippen LogP contribution in [-0.4, -0.2) is 46.1 Å². The molecule has 1 aliphatic rings. The monoisotopic (exact) mass is 364 g/mol. The second kappa shape index (κ2) is 6.84. The summed E-state index contributed by atoms with van der Waals surface area (Å²) in [6.07, 6.45) is 1.97. The molecule has 1 heterocycles. The summed E-state index contributed by atoms with van der Waals surface area (Å²) in [7, 11) is 1.54. The van der Waals surface area contributed by atoms with E-state index in [1.807, 2.05) is 0 Å². The third kappa shape index (κ3) is 3.82. The molecule has 1 aromatic heterocycles. The molecule has 6 nitrogen and oxygen atoms in total. The maximum Gasteiger partial charge on any atom is 0.259 e. The maximum atomic E-state index is 13.1. The van der Waals surface area contributed by atoms with Gasteiger partial charge in [0.2, 0.25) is 5.91 Å². The molecule has 8 heteroatoms. The van der Waals surface area contributed by atoms with Crippen LogP contribution in [0.5, 0.6) is 0 Å². The minimum absolute atomic E-state index is 0.0488. The van der Waals surface area contributed by atoms with Crippen molar-refractivity contribution in [3.8, 4) is 5.69 Å². The van der Waals surface area contributed by atoms with Crippen LogP contribution in [0.3, 0.4) is 0 Å². The van der Waals surface area contributed by atoms with Crippen molar-refractivity contribution in [2.75, 3.05) is 13.6 Å². The van der Waals surface area contributed by atoms with E-state index in [1.165, 1.54) is 33.8 Å². The number of halogens is 2. The number of hydrogen-bond donors (Lipinski definition) is 1. The summed E-state index contributed by atoms with van der Waals surface area (Å²) < 4.78 is 14.5. The van der Waals surface area contributed by atoms with E-state index in [2.05, 4.69) is 10.4 Å². The van der Waals surface area contributed by atoms with Gasteiger partial charge in [-0.2, -0.15) is 5.10 Å². The Morgan fingerprint density at radius 3 is 2.60 bits per heavy atom. The van der Waals surface area contributed by atoms with Gasteiger partial charge in [0.1, 0.15) is 11.0 Å². The predicted molar refractivity (Wildman–Crippen MR) is 91.4 cm³/mol. The lowest BCUT2D eigenvalue weighted by Gasteiger charge is -2.16. The number of hydrogen-bond acceptors (Lipinski definition) is 3. The van der Waals surface area contributed by atoms with Crippen molar-refractivity contribution in [2.45, 2.75) is 25.8 Å². The van der Waals surface area contributed by atoms with Crippen LogP contribution in [0.1, 0.15) is 28.9 Å². The highest BCUT2D eigenvalue weighted by Crippen LogP contribution is 2.25. The molecular weight excluding hydrogens is 347 g/mol. The van der Waals surface area contributed by atoms with E-state index in [-0.39, 0.29) is 40.9 Å². The molecule has 1 saturated carbocycles. The van der Waals surface area contributed by atoms with E-state index in [9.17, 15) is 14.0 Å². The minimum atomic E-state index is -0.387.